The quantitative estimate of drug-likeness (QED) is 0.487. The van der Waals surface area contributed by atoms with Gasteiger partial charge in [0, 0.05) is 31.4 Å². The zero-order valence-corrected chi connectivity index (χ0v) is 16.7. The number of aromatic nitrogens is 2. The van der Waals surface area contributed by atoms with Crippen LogP contribution in [0.3, 0.4) is 0 Å². The molecule has 0 fully saturated rings. The Balaban J connectivity index is 1.98. The topological polar surface area (TPSA) is 81.4 Å². The molecule has 0 bridgehead atoms. The minimum Gasteiger partial charge on any atom is -0.303 e. The summed E-state index contributed by atoms with van der Waals surface area (Å²) in [6.45, 7) is 1.88. The molecule has 2 amide bonds. The highest BCUT2D eigenvalue weighted by atomic mass is 16.2. The van der Waals surface area contributed by atoms with Crippen LogP contribution in [-0.4, -0.2) is 20.9 Å². The van der Waals surface area contributed by atoms with Gasteiger partial charge in [-0.15, -0.1) is 0 Å². The van der Waals surface area contributed by atoms with E-state index in [1.165, 1.54) is 30.9 Å². The number of carbonyl (C=O) groups excluding carboxylic acids is 2. The van der Waals surface area contributed by atoms with Gasteiger partial charge in [-0.05, 0) is 42.3 Å². The number of carbonyl (C=O) groups is 2. The summed E-state index contributed by atoms with van der Waals surface area (Å²) >= 11 is 0. The van der Waals surface area contributed by atoms with Crippen molar-refractivity contribution >= 4 is 29.2 Å². The molecule has 4 rings (SSSR count). The minimum atomic E-state index is -0.528. The highest BCUT2D eigenvalue weighted by Gasteiger charge is 2.35. The molecule has 0 saturated carbocycles. The molecule has 0 N–H and O–H groups in total. The lowest BCUT2D eigenvalue weighted by atomic mass is 9.92. The molecule has 0 unspecified atom stereocenters. The smallest absolute Gasteiger partial charge is 0.303 e. The van der Waals surface area contributed by atoms with Crippen LogP contribution in [0.4, 0.5) is 5.69 Å². The van der Waals surface area contributed by atoms with E-state index in [4.69, 9.17) is 0 Å². The molecule has 0 spiro atoms. The van der Waals surface area contributed by atoms with Gasteiger partial charge in [0.05, 0.1) is 11.3 Å². The number of benzene rings is 2. The second-order valence-corrected chi connectivity index (χ2v) is 7.23. The van der Waals surface area contributed by atoms with Gasteiger partial charge in [0.25, 0.3) is 17.4 Å². The summed E-state index contributed by atoms with van der Waals surface area (Å²) in [7, 11) is 2.91. The van der Waals surface area contributed by atoms with Gasteiger partial charge in [-0.25, -0.2) is 9.69 Å². The highest BCUT2D eigenvalue weighted by molar-refractivity contribution is 6.43. The number of anilines is 1. The van der Waals surface area contributed by atoms with Crippen LogP contribution >= 0.6 is 0 Å². The zero-order chi connectivity index (χ0) is 21.6. The van der Waals surface area contributed by atoms with E-state index in [1.807, 2.05) is 13.0 Å². The van der Waals surface area contributed by atoms with Crippen molar-refractivity contribution in [2.75, 3.05) is 4.90 Å². The number of hydrogen-bond acceptors (Lipinski definition) is 4. The number of fused-ring (bicyclic) bond motifs is 1. The largest absolute Gasteiger partial charge is 0.330 e. The normalized spacial score (nSPS) is 14.9. The Morgan fingerprint density at radius 1 is 0.833 bits per heavy atom. The van der Waals surface area contributed by atoms with Crippen molar-refractivity contribution in [1.82, 2.24) is 9.13 Å². The average molecular weight is 401 g/mol. The second kappa shape index (κ2) is 7.11. The lowest BCUT2D eigenvalue weighted by molar-refractivity contribution is -0.112. The highest BCUT2D eigenvalue weighted by Crippen LogP contribution is 2.33. The molecular formula is C23H19N3O4. The van der Waals surface area contributed by atoms with E-state index < -0.39 is 23.1 Å². The fourth-order valence-corrected chi connectivity index (χ4v) is 3.58. The van der Waals surface area contributed by atoms with Crippen LogP contribution < -0.4 is 16.1 Å². The molecule has 2 aromatic carbocycles. The minimum absolute atomic E-state index is 0.177. The second-order valence-electron chi connectivity index (χ2n) is 7.23. The van der Waals surface area contributed by atoms with E-state index in [0.29, 0.717) is 16.8 Å². The van der Waals surface area contributed by atoms with Crippen molar-refractivity contribution in [3.8, 4) is 0 Å². The van der Waals surface area contributed by atoms with Crippen LogP contribution in [0, 0.1) is 6.92 Å². The fourth-order valence-electron chi connectivity index (χ4n) is 3.58. The van der Waals surface area contributed by atoms with Gasteiger partial charge in [-0.1, -0.05) is 30.3 Å². The molecular weight excluding hydrogens is 382 g/mol. The van der Waals surface area contributed by atoms with Crippen LogP contribution in [0.25, 0.3) is 11.6 Å². The number of nitrogens with zero attached hydrogens (tertiary/aromatic N) is 3. The summed E-state index contributed by atoms with van der Waals surface area (Å²) < 4.78 is 2.26. The Kier molecular flexibility index (Phi) is 4.58. The Labute approximate surface area is 172 Å². The molecule has 30 heavy (non-hydrogen) atoms. The maximum absolute atomic E-state index is 13.4. The number of aryl methyl sites for hydroxylation is 2. The summed E-state index contributed by atoms with van der Waals surface area (Å²) in [5, 5.41) is 0. The lowest BCUT2D eigenvalue weighted by Crippen LogP contribution is -2.42. The van der Waals surface area contributed by atoms with E-state index in [1.54, 1.807) is 42.5 Å². The van der Waals surface area contributed by atoms with Crippen molar-refractivity contribution in [3.63, 3.8) is 0 Å². The summed E-state index contributed by atoms with van der Waals surface area (Å²) in [4.78, 5) is 52.3. The average Bonchev–Trinajstić information content (AvgIpc) is 2.73. The van der Waals surface area contributed by atoms with E-state index in [0.717, 1.165) is 15.0 Å². The molecule has 0 radical (unpaired) electrons. The van der Waals surface area contributed by atoms with Crippen molar-refractivity contribution < 1.29 is 9.59 Å². The van der Waals surface area contributed by atoms with E-state index in [9.17, 15) is 19.2 Å². The molecule has 0 aliphatic carbocycles. The van der Waals surface area contributed by atoms with Crippen molar-refractivity contribution in [2.24, 2.45) is 14.1 Å². The third kappa shape index (κ3) is 3.00. The first-order valence-corrected chi connectivity index (χ1v) is 9.33. The van der Waals surface area contributed by atoms with Crippen LogP contribution in [0.15, 0.2) is 64.3 Å². The summed E-state index contributed by atoms with van der Waals surface area (Å²) in [5.74, 6) is -0.952. The first-order valence-electron chi connectivity index (χ1n) is 9.33. The number of rotatable bonds is 2. The Morgan fingerprint density at radius 2 is 1.53 bits per heavy atom. The van der Waals surface area contributed by atoms with E-state index >= 15 is 0 Å². The number of hydrogen-bond donors (Lipinski definition) is 0. The molecule has 3 aromatic rings. The Hall–Kier alpha value is -4.00. The van der Waals surface area contributed by atoms with Crippen molar-refractivity contribution in [1.29, 1.82) is 0 Å². The van der Waals surface area contributed by atoms with Gasteiger partial charge in [0.2, 0.25) is 0 Å². The van der Waals surface area contributed by atoms with Crippen LogP contribution in [0.5, 0.6) is 0 Å². The number of amides is 2. The van der Waals surface area contributed by atoms with Gasteiger partial charge in [0.15, 0.2) is 0 Å². The van der Waals surface area contributed by atoms with Crippen LogP contribution in [0.2, 0.25) is 0 Å². The fraction of sp³-hybridized carbons (Fsp3) is 0.130. The molecule has 150 valence electrons. The molecule has 1 aliphatic heterocycles. The van der Waals surface area contributed by atoms with E-state index in [2.05, 4.69) is 0 Å². The van der Waals surface area contributed by atoms with Crippen LogP contribution in [0.1, 0.15) is 27.0 Å². The van der Waals surface area contributed by atoms with Gasteiger partial charge < -0.3 is 4.57 Å². The van der Waals surface area contributed by atoms with E-state index in [-0.39, 0.29) is 11.1 Å². The molecule has 0 atom stereocenters. The van der Waals surface area contributed by atoms with Gasteiger partial charge in [-0.3, -0.25) is 19.0 Å². The summed E-state index contributed by atoms with van der Waals surface area (Å²) in [5.41, 5.74) is 1.59. The van der Waals surface area contributed by atoms with Gasteiger partial charge >= 0.3 is 5.69 Å². The molecule has 7 heteroatoms. The predicted molar refractivity (Wildman–Crippen MR) is 114 cm³/mol. The third-order valence-corrected chi connectivity index (χ3v) is 5.12. The SMILES string of the molecule is Cc1cccc(N2C(=O)/C(=C\c3cn(C)c(=O)n(C)c3=O)c3ccccc3C2=O)c1. The predicted octanol–water partition coefficient (Wildman–Crippen LogP) is 2.12. The van der Waals surface area contributed by atoms with Crippen molar-refractivity contribution in [3.05, 3.63) is 97.8 Å². The third-order valence-electron chi connectivity index (χ3n) is 5.12. The summed E-state index contributed by atoms with van der Waals surface area (Å²) in [6.07, 6.45) is 2.83. The monoisotopic (exact) mass is 401 g/mol. The first kappa shape index (κ1) is 19.3. The summed E-state index contributed by atoms with van der Waals surface area (Å²) in [6, 6.07) is 13.9. The maximum atomic E-state index is 13.4. The Bertz CT molecular complexity index is 1360. The van der Waals surface area contributed by atoms with Crippen molar-refractivity contribution in [2.45, 2.75) is 6.92 Å². The lowest BCUT2D eigenvalue weighted by Gasteiger charge is -2.29. The Morgan fingerprint density at radius 3 is 2.23 bits per heavy atom. The molecule has 1 aromatic heterocycles. The number of imide groups is 1. The molecule has 2 heterocycles. The standard InChI is InChI=1S/C23H19N3O4/c1-14-7-6-8-16(11-14)26-21(28)18-10-5-4-9-17(18)19(22(26)29)12-15-13-24(2)23(30)25(3)20(15)27/h4-13H,1-3H3/b19-12-. The zero-order valence-electron chi connectivity index (χ0n) is 16.7. The first-order chi connectivity index (χ1) is 14.3. The van der Waals surface area contributed by atoms with Gasteiger partial charge in [-0.2, -0.15) is 0 Å². The van der Waals surface area contributed by atoms with Gasteiger partial charge in [0.1, 0.15) is 0 Å². The molecule has 1 aliphatic rings. The maximum Gasteiger partial charge on any atom is 0.330 e. The molecule has 0 saturated heterocycles. The van der Waals surface area contributed by atoms with Crippen LogP contribution in [-0.2, 0) is 18.9 Å². The molecule has 7 nitrogen and oxygen atoms in total.